The second-order valence-electron chi connectivity index (χ2n) is 4.22. The lowest BCUT2D eigenvalue weighted by Gasteiger charge is -2.22. The summed E-state index contributed by atoms with van der Waals surface area (Å²) in [6, 6.07) is 4.31. The Bertz CT molecular complexity index is 385. The van der Waals surface area contributed by atoms with Crippen LogP contribution in [0.5, 0.6) is 0 Å². The topological polar surface area (TPSA) is 35.2 Å². The van der Waals surface area contributed by atoms with Gasteiger partial charge in [0.25, 0.3) is 0 Å². The predicted molar refractivity (Wildman–Crippen MR) is 61.9 cm³/mol. The van der Waals surface area contributed by atoms with Crippen LogP contribution in [0.15, 0.2) is 18.2 Å². The summed E-state index contributed by atoms with van der Waals surface area (Å²) < 4.78 is 19.1. The maximum absolute atomic E-state index is 13.7. The van der Waals surface area contributed by atoms with Gasteiger partial charge in [0.15, 0.2) is 0 Å². The summed E-state index contributed by atoms with van der Waals surface area (Å²) in [5.41, 5.74) is 6.60. The largest absolute Gasteiger partial charge is 0.378 e. The average Bonchev–Trinajstić information content (AvgIpc) is 2.63. The van der Waals surface area contributed by atoms with Gasteiger partial charge in [0.1, 0.15) is 5.82 Å². The summed E-state index contributed by atoms with van der Waals surface area (Å²) in [7, 11) is 0. The number of hydrogen-bond acceptors (Lipinski definition) is 2. The van der Waals surface area contributed by atoms with Crippen LogP contribution >= 0.6 is 11.6 Å². The Morgan fingerprint density at radius 1 is 1.56 bits per heavy atom. The molecule has 0 saturated carbocycles. The maximum Gasteiger partial charge on any atom is 0.129 e. The molecule has 0 spiro atoms. The summed E-state index contributed by atoms with van der Waals surface area (Å²) >= 11 is 5.70. The minimum Gasteiger partial charge on any atom is -0.378 e. The van der Waals surface area contributed by atoms with Crippen molar-refractivity contribution in [2.75, 3.05) is 6.61 Å². The molecule has 16 heavy (non-hydrogen) atoms. The molecule has 2 N–H and O–H groups in total. The molecule has 3 unspecified atom stereocenters. The first-order chi connectivity index (χ1) is 7.59. The Kier molecular flexibility index (Phi) is 3.47. The van der Waals surface area contributed by atoms with E-state index in [1.165, 1.54) is 6.07 Å². The fraction of sp³-hybridized carbons (Fsp3) is 0.500. The van der Waals surface area contributed by atoms with Gasteiger partial charge in [-0.1, -0.05) is 17.7 Å². The first kappa shape index (κ1) is 11.8. The molecule has 1 aromatic rings. The molecule has 0 amide bonds. The van der Waals surface area contributed by atoms with Crippen LogP contribution in [0.4, 0.5) is 4.39 Å². The first-order valence-corrected chi connectivity index (χ1v) is 5.79. The molecule has 0 aromatic heterocycles. The summed E-state index contributed by atoms with van der Waals surface area (Å²) in [5, 5.41) is 0.393. The third-order valence-electron chi connectivity index (χ3n) is 3.22. The van der Waals surface area contributed by atoms with Crippen LogP contribution in [0.1, 0.15) is 24.9 Å². The number of halogens is 2. The van der Waals surface area contributed by atoms with Crippen LogP contribution < -0.4 is 5.73 Å². The Hall–Kier alpha value is -0.640. The smallest absolute Gasteiger partial charge is 0.129 e. The third-order valence-corrected chi connectivity index (χ3v) is 3.45. The molecule has 0 aliphatic carbocycles. The second-order valence-corrected chi connectivity index (χ2v) is 4.66. The molecule has 1 aromatic carbocycles. The number of benzene rings is 1. The number of ether oxygens (including phenoxy) is 1. The van der Waals surface area contributed by atoms with Crippen molar-refractivity contribution >= 4 is 11.6 Å². The average molecular weight is 244 g/mol. The van der Waals surface area contributed by atoms with Gasteiger partial charge in [0.2, 0.25) is 0 Å². The Morgan fingerprint density at radius 2 is 2.31 bits per heavy atom. The predicted octanol–water partition coefficient (Wildman–Crippen LogP) is 2.90. The molecular formula is C12H15ClFNO. The second kappa shape index (κ2) is 4.70. The van der Waals surface area contributed by atoms with Gasteiger partial charge in [-0.15, -0.1) is 0 Å². The van der Waals surface area contributed by atoms with Gasteiger partial charge < -0.3 is 10.5 Å². The van der Waals surface area contributed by atoms with E-state index < -0.39 is 0 Å². The fourth-order valence-electron chi connectivity index (χ4n) is 2.22. The van der Waals surface area contributed by atoms with Gasteiger partial charge >= 0.3 is 0 Å². The lowest BCUT2D eigenvalue weighted by Crippen LogP contribution is -2.27. The van der Waals surface area contributed by atoms with Crippen LogP contribution in [0.25, 0.3) is 0 Å². The quantitative estimate of drug-likeness (QED) is 0.867. The highest BCUT2D eigenvalue weighted by Gasteiger charge is 2.31. The fourth-order valence-corrected chi connectivity index (χ4v) is 2.38. The molecule has 1 aliphatic heterocycles. The van der Waals surface area contributed by atoms with Gasteiger partial charge in [0, 0.05) is 29.2 Å². The zero-order valence-corrected chi connectivity index (χ0v) is 9.88. The summed E-state index contributed by atoms with van der Waals surface area (Å²) in [4.78, 5) is 0. The summed E-state index contributed by atoms with van der Waals surface area (Å²) in [5.74, 6) is -0.158. The van der Waals surface area contributed by atoms with Crippen LogP contribution in [0.2, 0.25) is 5.02 Å². The van der Waals surface area contributed by atoms with Crippen molar-refractivity contribution in [3.8, 4) is 0 Å². The first-order valence-electron chi connectivity index (χ1n) is 5.41. The van der Waals surface area contributed by atoms with Crippen LogP contribution in [-0.2, 0) is 4.74 Å². The van der Waals surface area contributed by atoms with Crippen molar-refractivity contribution in [1.82, 2.24) is 0 Å². The van der Waals surface area contributed by atoms with E-state index in [0.29, 0.717) is 17.2 Å². The van der Waals surface area contributed by atoms with E-state index in [1.807, 2.05) is 6.92 Å². The molecule has 1 heterocycles. The minimum atomic E-state index is -0.334. The molecule has 4 heteroatoms. The number of rotatable bonds is 2. The van der Waals surface area contributed by atoms with E-state index in [-0.39, 0.29) is 23.9 Å². The van der Waals surface area contributed by atoms with E-state index in [1.54, 1.807) is 12.1 Å². The van der Waals surface area contributed by atoms with Crippen molar-refractivity contribution in [3.05, 3.63) is 34.6 Å². The zero-order chi connectivity index (χ0) is 11.7. The van der Waals surface area contributed by atoms with E-state index in [0.717, 1.165) is 6.42 Å². The SMILES string of the molecule is CC1OCCC1C(N)c1ccc(Cl)cc1F. The molecular weight excluding hydrogens is 229 g/mol. The summed E-state index contributed by atoms with van der Waals surface area (Å²) in [6.07, 6.45) is 0.967. The van der Waals surface area contributed by atoms with Crippen molar-refractivity contribution in [2.45, 2.75) is 25.5 Å². The Labute approximate surface area is 99.5 Å². The highest BCUT2D eigenvalue weighted by atomic mass is 35.5. The lowest BCUT2D eigenvalue weighted by molar-refractivity contribution is 0.0992. The Morgan fingerprint density at radius 3 is 2.88 bits per heavy atom. The van der Waals surface area contributed by atoms with Crippen molar-refractivity contribution in [2.24, 2.45) is 11.7 Å². The minimum absolute atomic E-state index is 0.0880. The van der Waals surface area contributed by atoms with Gasteiger partial charge in [-0.05, 0) is 25.5 Å². The van der Waals surface area contributed by atoms with Crippen LogP contribution in [0.3, 0.4) is 0 Å². The van der Waals surface area contributed by atoms with Gasteiger partial charge in [-0.2, -0.15) is 0 Å². The van der Waals surface area contributed by atoms with Gasteiger partial charge in [-0.25, -0.2) is 4.39 Å². The molecule has 3 atom stereocenters. The van der Waals surface area contributed by atoms with Crippen LogP contribution in [-0.4, -0.2) is 12.7 Å². The highest BCUT2D eigenvalue weighted by molar-refractivity contribution is 6.30. The van der Waals surface area contributed by atoms with Gasteiger partial charge in [0.05, 0.1) is 6.10 Å². The molecule has 2 rings (SSSR count). The highest BCUT2D eigenvalue weighted by Crippen LogP contribution is 2.33. The lowest BCUT2D eigenvalue weighted by atomic mass is 9.89. The maximum atomic E-state index is 13.7. The standard InChI is InChI=1S/C12H15ClFNO/c1-7-9(4-5-16-7)12(15)10-3-2-8(13)6-11(10)14/h2-3,6-7,9,12H,4-5,15H2,1H3. The molecule has 0 radical (unpaired) electrons. The normalized spacial score (nSPS) is 27.0. The molecule has 1 aliphatic rings. The van der Waals surface area contributed by atoms with E-state index in [4.69, 9.17) is 22.1 Å². The summed E-state index contributed by atoms with van der Waals surface area (Å²) in [6.45, 7) is 2.68. The molecule has 2 nitrogen and oxygen atoms in total. The van der Waals surface area contributed by atoms with E-state index in [2.05, 4.69) is 0 Å². The van der Waals surface area contributed by atoms with Crippen molar-refractivity contribution in [3.63, 3.8) is 0 Å². The van der Waals surface area contributed by atoms with Crippen molar-refractivity contribution < 1.29 is 9.13 Å². The zero-order valence-electron chi connectivity index (χ0n) is 9.12. The molecule has 88 valence electrons. The van der Waals surface area contributed by atoms with Crippen molar-refractivity contribution in [1.29, 1.82) is 0 Å². The number of nitrogens with two attached hydrogens (primary N) is 1. The van der Waals surface area contributed by atoms with E-state index >= 15 is 0 Å². The number of hydrogen-bond donors (Lipinski definition) is 1. The van der Waals surface area contributed by atoms with E-state index in [9.17, 15) is 4.39 Å². The third kappa shape index (κ3) is 2.21. The van der Waals surface area contributed by atoms with Gasteiger partial charge in [-0.3, -0.25) is 0 Å². The monoisotopic (exact) mass is 243 g/mol. The molecule has 1 saturated heterocycles. The molecule has 0 bridgehead atoms. The van der Waals surface area contributed by atoms with Crippen LogP contribution in [0, 0.1) is 11.7 Å². The Balaban J connectivity index is 2.23. The molecule has 1 fully saturated rings.